The second kappa shape index (κ2) is 7.94. The fourth-order valence-electron chi connectivity index (χ4n) is 2.62. The van der Waals surface area contributed by atoms with Gasteiger partial charge in [-0.05, 0) is 24.1 Å². The summed E-state index contributed by atoms with van der Waals surface area (Å²) in [7, 11) is 0. The highest BCUT2D eigenvalue weighted by Crippen LogP contribution is 2.35. The average molecular weight is 339 g/mol. The van der Waals surface area contributed by atoms with E-state index >= 15 is 0 Å². The summed E-state index contributed by atoms with van der Waals surface area (Å²) in [5, 5.41) is 3.20. The largest absolute Gasteiger partial charge is 0.419 e. The molecule has 1 heterocycles. The molecule has 1 fully saturated rings. The monoisotopic (exact) mass is 338 g/mol. The lowest BCUT2D eigenvalue weighted by Crippen LogP contribution is -2.45. The van der Waals surface area contributed by atoms with E-state index in [1.54, 1.807) is 6.08 Å². The molecule has 2 rings (SSSR count). The van der Waals surface area contributed by atoms with Gasteiger partial charge in [-0.3, -0.25) is 4.90 Å². The molecule has 7 heteroatoms. The van der Waals surface area contributed by atoms with Crippen molar-refractivity contribution in [3.8, 4) is 0 Å². The van der Waals surface area contributed by atoms with Crippen LogP contribution in [0.2, 0.25) is 0 Å². The number of alkyl halides is 3. The van der Waals surface area contributed by atoms with Gasteiger partial charge in [-0.25, -0.2) is 4.39 Å². The predicted molar refractivity (Wildman–Crippen MR) is 80.6 cm³/mol. The first-order chi connectivity index (χ1) is 9.93. The minimum atomic E-state index is -4.68. The molecule has 0 aliphatic carbocycles. The van der Waals surface area contributed by atoms with Crippen molar-refractivity contribution in [2.24, 2.45) is 0 Å². The van der Waals surface area contributed by atoms with Gasteiger partial charge in [0.2, 0.25) is 0 Å². The third-order valence-electron chi connectivity index (χ3n) is 3.66. The summed E-state index contributed by atoms with van der Waals surface area (Å²) in [6.07, 6.45) is -2.46. The second-order valence-corrected chi connectivity index (χ2v) is 5.06. The number of benzene rings is 1. The van der Waals surface area contributed by atoms with Gasteiger partial charge in [0.25, 0.3) is 0 Å². The highest BCUT2D eigenvalue weighted by atomic mass is 35.5. The number of rotatable bonds is 4. The van der Waals surface area contributed by atoms with E-state index in [4.69, 9.17) is 0 Å². The van der Waals surface area contributed by atoms with Crippen LogP contribution in [-0.2, 0) is 6.18 Å². The average Bonchev–Trinajstić information content (AvgIpc) is 2.45. The maximum absolute atomic E-state index is 13.4. The molecule has 1 atom stereocenters. The predicted octanol–water partition coefficient (Wildman–Crippen LogP) is 3.79. The minimum absolute atomic E-state index is 0. The third-order valence-corrected chi connectivity index (χ3v) is 3.66. The number of nitrogens with zero attached hydrogens (tertiary/aromatic N) is 1. The molecule has 2 nitrogen and oxygen atoms in total. The Morgan fingerprint density at radius 1 is 1.27 bits per heavy atom. The van der Waals surface area contributed by atoms with Crippen LogP contribution in [0.4, 0.5) is 17.6 Å². The van der Waals surface area contributed by atoms with Gasteiger partial charge in [0, 0.05) is 32.2 Å². The van der Waals surface area contributed by atoms with E-state index in [0.717, 1.165) is 38.3 Å². The molecule has 0 bridgehead atoms. The summed E-state index contributed by atoms with van der Waals surface area (Å²) >= 11 is 0. The zero-order chi connectivity index (χ0) is 15.5. The van der Waals surface area contributed by atoms with Gasteiger partial charge >= 0.3 is 6.18 Å². The van der Waals surface area contributed by atoms with Gasteiger partial charge in [0.05, 0.1) is 5.56 Å². The van der Waals surface area contributed by atoms with E-state index < -0.39 is 17.6 Å². The van der Waals surface area contributed by atoms with E-state index in [1.165, 1.54) is 6.07 Å². The summed E-state index contributed by atoms with van der Waals surface area (Å²) in [6.45, 7) is 6.75. The van der Waals surface area contributed by atoms with Crippen LogP contribution in [0, 0.1) is 5.82 Å². The molecule has 0 saturated carbocycles. The molecular formula is C15H19ClF4N2. The van der Waals surface area contributed by atoms with Crippen molar-refractivity contribution < 1.29 is 17.6 Å². The number of hydrogen-bond acceptors (Lipinski definition) is 2. The number of nitrogens with one attached hydrogen (secondary N) is 1. The summed E-state index contributed by atoms with van der Waals surface area (Å²) in [5.74, 6) is -1.23. The Labute approximate surface area is 133 Å². The van der Waals surface area contributed by atoms with Crippen LogP contribution in [-0.4, -0.2) is 31.1 Å². The van der Waals surface area contributed by atoms with Gasteiger partial charge in [0.1, 0.15) is 5.82 Å². The van der Waals surface area contributed by atoms with E-state index in [1.807, 2.05) is 0 Å². The van der Waals surface area contributed by atoms with Crippen LogP contribution in [0.1, 0.15) is 23.6 Å². The first kappa shape index (κ1) is 18.9. The van der Waals surface area contributed by atoms with Crippen molar-refractivity contribution in [1.29, 1.82) is 0 Å². The number of hydrogen-bond donors (Lipinski definition) is 1. The van der Waals surface area contributed by atoms with Gasteiger partial charge in [-0.2, -0.15) is 13.2 Å². The molecule has 1 aliphatic heterocycles. The van der Waals surface area contributed by atoms with Crippen LogP contribution in [0.5, 0.6) is 0 Å². The van der Waals surface area contributed by atoms with E-state index in [9.17, 15) is 17.6 Å². The van der Waals surface area contributed by atoms with Crippen molar-refractivity contribution in [2.45, 2.75) is 18.6 Å². The van der Waals surface area contributed by atoms with E-state index in [0.29, 0.717) is 12.0 Å². The molecule has 1 N–H and O–H groups in total. The fourth-order valence-corrected chi connectivity index (χ4v) is 2.62. The van der Waals surface area contributed by atoms with E-state index in [2.05, 4.69) is 16.8 Å². The Morgan fingerprint density at radius 3 is 2.45 bits per heavy atom. The maximum atomic E-state index is 13.4. The minimum Gasteiger partial charge on any atom is -0.314 e. The van der Waals surface area contributed by atoms with E-state index in [-0.39, 0.29) is 18.4 Å². The first-order valence-corrected chi connectivity index (χ1v) is 6.86. The van der Waals surface area contributed by atoms with Gasteiger partial charge in [0.15, 0.2) is 0 Å². The Kier molecular flexibility index (Phi) is 6.84. The number of piperazine rings is 1. The zero-order valence-electron chi connectivity index (χ0n) is 12.0. The second-order valence-electron chi connectivity index (χ2n) is 5.06. The molecule has 0 radical (unpaired) electrons. The molecule has 22 heavy (non-hydrogen) atoms. The van der Waals surface area contributed by atoms with Gasteiger partial charge in [-0.15, -0.1) is 19.0 Å². The van der Waals surface area contributed by atoms with Crippen molar-refractivity contribution >= 4 is 12.4 Å². The zero-order valence-corrected chi connectivity index (χ0v) is 12.8. The summed E-state index contributed by atoms with van der Waals surface area (Å²) in [6, 6.07) is 3.05. The lowest BCUT2D eigenvalue weighted by Gasteiger charge is -2.35. The van der Waals surface area contributed by atoms with Crippen LogP contribution >= 0.6 is 12.4 Å². The molecule has 1 aromatic rings. The Hall–Kier alpha value is -1.11. The topological polar surface area (TPSA) is 15.3 Å². The van der Waals surface area contributed by atoms with Crippen molar-refractivity contribution in [2.75, 3.05) is 26.2 Å². The quantitative estimate of drug-likeness (QED) is 0.664. The van der Waals surface area contributed by atoms with Gasteiger partial charge in [-0.1, -0.05) is 12.1 Å². The Bertz CT molecular complexity index is 499. The molecule has 0 spiro atoms. The smallest absolute Gasteiger partial charge is 0.314 e. The summed E-state index contributed by atoms with van der Waals surface area (Å²) < 4.78 is 51.9. The molecule has 1 aromatic carbocycles. The fraction of sp³-hybridized carbons (Fsp3) is 0.467. The molecule has 0 unspecified atom stereocenters. The molecule has 1 aliphatic rings. The highest BCUT2D eigenvalue weighted by Gasteiger charge is 2.35. The van der Waals surface area contributed by atoms with Crippen LogP contribution in [0.15, 0.2) is 30.9 Å². The molecule has 0 amide bonds. The lowest BCUT2D eigenvalue weighted by molar-refractivity contribution is -0.140. The van der Waals surface area contributed by atoms with Crippen LogP contribution < -0.4 is 5.32 Å². The summed E-state index contributed by atoms with van der Waals surface area (Å²) in [5.41, 5.74) is -0.727. The van der Waals surface area contributed by atoms with Crippen LogP contribution in [0.25, 0.3) is 0 Å². The lowest BCUT2D eigenvalue weighted by atomic mass is 9.98. The van der Waals surface area contributed by atoms with Crippen LogP contribution in [0.3, 0.4) is 0 Å². The van der Waals surface area contributed by atoms with Crippen molar-refractivity contribution in [1.82, 2.24) is 10.2 Å². The molecule has 0 aromatic heterocycles. The summed E-state index contributed by atoms with van der Waals surface area (Å²) in [4.78, 5) is 2.10. The Balaban J connectivity index is 0.00000242. The van der Waals surface area contributed by atoms with Crippen molar-refractivity contribution in [3.63, 3.8) is 0 Å². The third kappa shape index (κ3) is 4.44. The first-order valence-electron chi connectivity index (χ1n) is 6.86. The molecule has 1 saturated heterocycles. The highest BCUT2D eigenvalue weighted by molar-refractivity contribution is 5.85. The molecular weight excluding hydrogens is 320 g/mol. The SMILES string of the molecule is C=CC[C@H](c1ccc(F)c(C(F)(F)F)c1)N1CCNCC1.Cl. The normalized spacial score (nSPS) is 17.6. The maximum Gasteiger partial charge on any atom is 0.419 e. The molecule has 124 valence electrons. The Morgan fingerprint density at radius 2 is 1.91 bits per heavy atom. The van der Waals surface area contributed by atoms with Gasteiger partial charge < -0.3 is 5.32 Å². The van der Waals surface area contributed by atoms with Crippen molar-refractivity contribution in [3.05, 3.63) is 47.8 Å². The standard InChI is InChI=1S/C15H18F4N2.ClH/c1-2-3-14(21-8-6-20-7-9-21)11-4-5-13(16)12(10-11)15(17,18)19;/h2,4-5,10,14,20H,1,3,6-9H2;1H/t14-;/m1./s1. The number of halogens is 5.